The van der Waals surface area contributed by atoms with Crippen molar-refractivity contribution >= 4 is 0 Å². The summed E-state index contributed by atoms with van der Waals surface area (Å²) in [6.45, 7) is 1.18. The van der Waals surface area contributed by atoms with Crippen molar-refractivity contribution in [3.8, 4) is 0 Å². The molecule has 0 spiro atoms. The highest BCUT2D eigenvalue weighted by Gasteiger charge is 2.38. The summed E-state index contributed by atoms with van der Waals surface area (Å²) in [6, 6.07) is 0.158. The Balaban J connectivity index is 1.94. The summed E-state index contributed by atoms with van der Waals surface area (Å²) < 4.78 is 0. The number of likely N-dealkylation sites (N-methyl/N-ethyl adjacent to an activating group) is 1. The largest absolute Gasteiger partial charge is 0.264 e. The maximum Gasteiger partial charge on any atom is 0.240 e. The summed E-state index contributed by atoms with van der Waals surface area (Å²) in [7, 11) is 1.97. The summed E-state index contributed by atoms with van der Waals surface area (Å²) in [5, 5.41) is 15.0. The molecule has 5 nitrogen and oxygen atoms in total. The van der Waals surface area contributed by atoms with Gasteiger partial charge in [-0.25, -0.2) is 10.0 Å². The van der Waals surface area contributed by atoms with Gasteiger partial charge in [0, 0.05) is 18.0 Å². The molecule has 1 atom stereocenters. The Bertz CT molecular complexity index is 241. The predicted octanol–water partition coefficient (Wildman–Crippen LogP) is 1.13. The lowest BCUT2D eigenvalue weighted by Gasteiger charge is -2.34. The van der Waals surface area contributed by atoms with Gasteiger partial charge in [-0.2, -0.15) is 0 Å². The topological polar surface area (TPSA) is 49.6 Å². The van der Waals surface area contributed by atoms with Crippen LogP contribution in [-0.4, -0.2) is 47.2 Å². The monoisotopic (exact) mass is 213 g/mol. The molecular formula is C10H19N3O2. The van der Waals surface area contributed by atoms with E-state index >= 15 is 0 Å². The van der Waals surface area contributed by atoms with E-state index in [0.29, 0.717) is 19.1 Å². The van der Waals surface area contributed by atoms with Crippen LogP contribution in [0.15, 0.2) is 0 Å². The van der Waals surface area contributed by atoms with Gasteiger partial charge in [0.1, 0.15) is 0 Å². The fraction of sp³-hybridized carbons (Fsp3) is 1.00. The molecule has 5 heteroatoms. The Kier molecular flexibility index (Phi) is 3.21. The first-order chi connectivity index (χ1) is 7.18. The van der Waals surface area contributed by atoms with Crippen LogP contribution in [0.5, 0.6) is 0 Å². The van der Waals surface area contributed by atoms with Gasteiger partial charge in [-0.05, 0) is 12.8 Å². The second-order valence-electron chi connectivity index (χ2n) is 4.69. The molecule has 2 fully saturated rings. The zero-order chi connectivity index (χ0) is 10.8. The second kappa shape index (κ2) is 4.45. The normalized spacial score (nSPS) is 30.9. The van der Waals surface area contributed by atoms with Crippen LogP contribution in [0.2, 0.25) is 0 Å². The van der Waals surface area contributed by atoms with Crippen molar-refractivity contribution in [3.63, 3.8) is 0 Å². The van der Waals surface area contributed by atoms with Gasteiger partial charge in [-0.1, -0.05) is 19.3 Å². The Morgan fingerprint density at radius 3 is 2.40 bits per heavy atom. The first kappa shape index (κ1) is 10.8. The second-order valence-corrected chi connectivity index (χ2v) is 4.69. The number of hydrogen-bond acceptors (Lipinski definition) is 4. The summed E-state index contributed by atoms with van der Waals surface area (Å²) >= 11 is 0. The molecule has 1 aliphatic heterocycles. The SMILES string of the molecule is CN1CC([N+](=O)[O-])CN1C1CCCCC1. The summed E-state index contributed by atoms with van der Waals surface area (Å²) in [4.78, 5) is 10.6. The van der Waals surface area contributed by atoms with Crippen molar-refractivity contribution in [2.24, 2.45) is 0 Å². The number of nitrogens with zero attached hydrogens (tertiary/aromatic N) is 3. The van der Waals surface area contributed by atoms with Crippen molar-refractivity contribution in [1.29, 1.82) is 0 Å². The van der Waals surface area contributed by atoms with Gasteiger partial charge in [0.05, 0.1) is 13.1 Å². The molecule has 0 aromatic heterocycles. The minimum Gasteiger partial charge on any atom is -0.264 e. The molecule has 0 aromatic rings. The Hall–Kier alpha value is -0.680. The summed E-state index contributed by atoms with van der Waals surface area (Å²) in [5.74, 6) is 0. The molecule has 0 radical (unpaired) electrons. The molecule has 1 heterocycles. The number of rotatable bonds is 2. The highest BCUT2D eigenvalue weighted by atomic mass is 16.6. The molecule has 2 aliphatic rings. The zero-order valence-electron chi connectivity index (χ0n) is 9.26. The number of nitro groups is 1. The lowest BCUT2D eigenvalue weighted by molar-refractivity contribution is -0.515. The maximum absolute atomic E-state index is 10.7. The summed E-state index contributed by atoms with van der Waals surface area (Å²) in [5.41, 5.74) is 0. The minimum absolute atomic E-state index is 0.140. The Morgan fingerprint density at radius 1 is 1.20 bits per heavy atom. The Labute approximate surface area is 90.2 Å². The van der Waals surface area contributed by atoms with E-state index in [0.717, 1.165) is 0 Å². The first-order valence-electron chi connectivity index (χ1n) is 5.79. The van der Waals surface area contributed by atoms with E-state index in [-0.39, 0.29) is 4.92 Å². The predicted molar refractivity (Wildman–Crippen MR) is 57.0 cm³/mol. The van der Waals surface area contributed by atoms with E-state index in [2.05, 4.69) is 5.01 Å². The fourth-order valence-electron chi connectivity index (χ4n) is 2.76. The van der Waals surface area contributed by atoms with Crippen LogP contribution in [0.3, 0.4) is 0 Å². The van der Waals surface area contributed by atoms with Gasteiger partial charge in [0.15, 0.2) is 0 Å². The third kappa shape index (κ3) is 2.29. The molecule has 1 aliphatic carbocycles. The van der Waals surface area contributed by atoms with Gasteiger partial charge in [0.25, 0.3) is 0 Å². The van der Waals surface area contributed by atoms with Gasteiger partial charge in [0.2, 0.25) is 6.04 Å². The molecule has 0 bridgehead atoms. The molecule has 86 valence electrons. The molecule has 1 saturated heterocycles. The van der Waals surface area contributed by atoms with Crippen LogP contribution in [0.1, 0.15) is 32.1 Å². The molecule has 1 unspecified atom stereocenters. The van der Waals surface area contributed by atoms with Gasteiger partial charge >= 0.3 is 0 Å². The van der Waals surface area contributed by atoms with E-state index in [1.807, 2.05) is 12.1 Å². The maximum atomic E-state index is 10.7. The van der Waals surface area contributed by atoms with E-state index in [1.54, 1.807) is 0 Å². The van der Waals surface area contributed by atoms with Gasteiger partial charge in [-0.15, -0.1) is 0 Å². The molecule has 0 aromatic carbocycles. The van der Waals surface area contributed by atoms with Gasteiger partial charge < -0.3 is 0 Å². The van der Waals surface area contributed by atoms with Crippen molar-refractivity contribution in [1.82, 2.24) is 10.0 Å². The molecule has 2 rings (SSSR count). The Morgan fingerprint density at radius 2 is 1.87 bits per heavy atom. The molecular weight excluding hydrogens is 194 g/mol. The zero-order valence-corrected chi connectivity index (χ0v) is 9.26. The molecule has 15 heavy (non-hydrogen) atoms. The highest BCUT2D eigenvalue weighted by molar-refractivity contribution is 4.81. The van der Waals surface area contributed by atoms with Crippen LogP contribution >= 0.6 is 0 Å². The lowest BCUT2D eigenvalue weighted by atomic mass is 9.95. The molecule has 0 amide bonds. The highest BCUT2D eigenvalue weighted by Crippen LogP contribution is 2.26. The molecule has 1 saturated carbocycles. The smallest absolute Gasteiger partial charge is 0.240 e. The van der Waals surface area contributed by atoms with Crippen LogP contribution in [0.25, 0.3) is 0 Å². The first-order valence-corrected chi connectivity index (χ1v) is 5.79. The minimum atomic E-state index is -0.392. The van der Waals surface area contributed by atoms with Crippen LogP contribution in [0.4, 0.5) is 0 Å². The quantitative estimate of drug-likeness (QED) is 0.509. The van der Waals surface area contributed by atoms with Crippen molar-refractivity contribution in [2.45, 2.75) is 44.2 Å². The van der Waals surface area contributed by atoms with Crippen LogP contribution < -0.4 is 0 Å². The standard InChI is InChI=1S/C10H19N3O2/c1-11-7-10(13(14)15)8-12(11)9-5-3-2-4-6-9/h9-10H,2-8H2,1H3. The van der Waals surface area contributed by atoms with E-state index < -0.39 is 6.04 Å². The fourth-order valence-corrected chi connectivity index (χ4v) is 2.76. The average molecular weight is 213 g/mol. The van der Waals surface area contributed by atoms with E-state index in [1.165, 1.54) is 32.1 Å². The van der Waals surface area contributed by atoms with Crippen molar-refractivity contribution in [3.05, 3.63) is 10.1 Å². The van der Waals surface area contributed by atoms with Crippen LogP contribution in [-0.2, 0) is 0 Å². The average Bonchev–Trinajstić information content (AvgIpc) is 2.62. The van der Waals surface area contributed by atoms with E-state index in [4.69, 9.17) is 0 Å². The van der Waals surface area contributed by atoms with Crippen LogP contribution in [0, 0.1) is 10.1 Å². The number of hydrazine groups is 1. The van der Waals surface area contributed by atoms with Crippen molar-refractivity contribution < 1.29 is 4.92 Å². The third-order valence-electron chi connectivity index (χ3n) is 3.61. The lowest BCUT2D eigenvalue weighted by Crippen LogP contribution is -2.42. The van der Waals surface area contributed by atoms with E-state index in [9.17, 15) is 10.1 Å². The molecule has 0 N–H and O–H groups in total. The van der Waals surface area contributed by atoms with Crippen molar-refractivity contribution in [2.75, 3.05) is 20.1 Å². The van der Waals surface area contributed by atoms with Gasteiger partial charge in [-0.3, -0.25) is 10.1 Å². The third-order valence-corrected chi connectivity index (χ3v) is 3.61. The number of hydrogen-bond donors (Lipinski definition) is 0. The summed E-state index contributed by atoms with van der Waals surface area (Å²) in [6.07, 6.45) is 6.28.